The Balaban J connectivity index is 2.26. The number of rotatable bonds is 2. The van der Waals surface area contributed by atoms with Crippen LogP contribution < -0.4 is 4.90 Å². The van der Waals surface area contributed by atoms with E-state index in [1.54, 1.807) is 0 Å². The largest absolute Gasteiger partial charge is 0.371 e. The number of anilines is 1. The number of hydrogen-bond donors (Lipinski definition) is 0. The van der Waals surface area contributed by atoms with Gasteiger partial charge in [-0.1, -0.05) is 12.1 Å². The first kappa shape index (κ1) is 9.08. The van der Waals surface area contributed by atoms with Gasteiger partial charge in [0.15, 0.2) is 0 Å². The third-order valence-electron chi connectivity index (χ3n) is 3.03. The molecule has 1 fully saturated rings. The average molecular weight is 186 g/mol. The third kappa shape index (κ3) is 1.46. The first-order chi connectivity index (χ1) is 6.83. The van der Waals surface area contributed by atoms with Gasteiger partial charge in [0, 0.05) is 13.1 Å². The van der Waals surface area contributed by atoms with Crippen LogP contribution in [0.2, 0.25) is 0 Å². The number of benzene rings is 1. The zero-order valence-corrected chi connectivity index (χ0v) is 8.40. The van der Waals surface area contributed by atoms with E-state index in [1.165, 1.54) is 19.3 Å². The van der Waals surface area contributed by atoms with Gasteiger partial charge in [-0.15, -0.1) is 0 Å². The van der Waals surface area contributed by atoms with E-state index in [9.17, 15) is 0 Å². The molecule has 0 spiro atoms. The maximum Gasteiger partial charge on any atom is 0.101 e. The molecule has 2 nitrogen and oxygen atoms in total. The van der Waals surface area contributed by atoms with Crippen molar-refractivity contribution in [2.45, 2.75) is 25.3 Å². The lowest BCUT2D eigenvalue weighted by atomic mass is 9.91. The summed E-state index contributed by atoms with van der Waals surface area (Å²) >= 11 is 0. The lowest BCUT2D eigenvalue weighted by Gasteiger charge is -2.36. The second kappa shape index (κ2) is 3.71. The van der Waals surface area contributed by atoms with Crippen LogP contribution in [0, 0.1) is 11.3 Å². The van der Waals surface area contributed by atoms with Gasteiger partial charge in [-0.3, -0.25) is 0 Å². The summed E-state index contributed by atoms with van der Waals surface area (Å²) in [5.74, 6) is 0. The topological polar surface area (TPSA) is 27.0 Å². The van der Waals surface area contributed by atoms with E-state index >= 15 is 0 Å². The van der Waals surface area contributed by atoms with Crippen molar-refractivity contribution in [1.29, 1.82) is 5.26 Å². The zero-order chi connectivity index (χ0) is 9.97. The fraction of sp³-hybridized carbons (Fsp3) is 0.417. The molecule has 2 rings (SSSR count). The monoisotopic (exact) mass is 186 g/mol. The SMILES string of the molecule is CN(c1ccccc1C#N)C1CCC1. The summed E-state index contributed by atoms with van der Waals surface area (Å²) in [6.45, 7) is 0. The van der Waals surface area contributed by atoms with Crippen molar-refractivity contribution in [3.05, 3.63) is 29.8 Å². The summed E-state index contributed by atoms with van der Waals surface area (Å²) in [7, 11) is 2.08. The molecule has 0 atom stereocenters. The molecule has 0 aromatic heterocycles. The van der Waals surface area contributed by atoms with E-state index < -0.39 is 0 Å². The molecule has 1 aliphatic carbocycles. The van der Waals surface area contributed by atoms with Gasteiger partial charge in [-0.25, -0.2) is 0 Å². The van der Waals surface area contributed by atoms with Gasteiger partial charge in [0.25, 0.3) is 0 Å². The molecular formula is C12H14N2. The number of nitriles is 1. The van der Waals surface area contributed by atoms with E-state index in [1.807, 2.05) is 24.3 Å². The van der Waals surface area contributed by atoms with E-state index in [0.717, 1.165) is 11.3 Å². The van der Waals surface area contributed by atoms with Gasteiger partial charge in [-0.2, -0.15) is 5.26 Å². The second-order valence-corrected chi connectivity index (χ2v) is 3.82. The molecule has 0 bridgehead atoms. The molecule has 0 saturated heterocycles. The number of para-hydroxylation sites is 1. The van der Waals surface area contributed by atoms with E-state index in [4.69, 9.17) is 5.26 Å². The Morgan fingerprint density at radius 2 is 2.07 bits per heavy atom. The van der Waals surface area contributed by atoms with Crippen LogP contribution >= 0.6 is 0 Å². The van der Waals surface area contributed by atoms with Crippen LogP contribution in [0.4, 0.5) is 5.69 Å². The molecule has 1 aromatic carbocycles. The molecule has 1 aromatic rings. The first-order valence-electron chi connectivity index (χ1n) is 5.05. The summed E-state index contributed by atoms with van der Waals surface area (Å²) in [5.41, 5.74) is 1.85. The maximum atomic E-state index is 8.96. The minimum absolute atomic E-state index is 0.643. The maximum absolute atomic E-state index is 8.96. The van der Waals surface area contributed by atoms with E-state index in [2.05, 4.69) is 18.0 Å². The Hall–Kier alpha value is -1.49. The van der Waals surface area contributed by atoms with Crippen LogP contribution in [0.5, 0.6) is 0 Å². The highest BCUT2D eigenvalue weighted by molar-refractivity contribution is 5.59. The molecule has 14 heavy (non-hydrogen) atoms. The van der Waals surface area contributed by atoms with Crippen LogP contribution in [-0.4, -0.2) is 13.1 Å². The molecule has 0 N–H and O–H groups in total. The van der Waals surface area contributed by atoms with Crippen molar-refractivity contribution in [3.63, 3.8) is 0 Å². The van der Waals surface area contributed by atoms with Crippen molar-refractivity contribution in [2.75, 3.05) is 11.9 Å². The Morgan fingerprint density at radius 1 is 1.36 bits per heavy atom. The van der Waals surface area contributed by atoms with Gasteiger partial charge >= 0.3 is 0 Å². The molecule has 0 amide bonds. The van der Waals surface area contributed by atoms with Gasteiger partial charge in [0.2, 0.25) is 0 Å². The predicted octanol–water partition coefficient (Wildman–Crippen LogP) is 2.55. The molecule has 0 radical (unpaired) electrons. The highest BCUT2D eigenvalue weighted by Crippen LogP contribution is 2.29. The number of nitrogens with zero attached hydrogens (tertiary/aromatic N) is 2. The van der Waals surface area contributed by atoms with Gasteiger partial charge in [0.1, 0.15) is 6.07 Å². The summed E-state index contributed by atoms with van der Waals surface area (Å²) < 4.78 is 0. The van der Waals surface area contributed by atoms with Crippen molar-refractivity contribution >= 4 is 5.69 Å². The quantitative estimate of drug-likeness (QED) is 0.709. The smallest absolute Gasteiger partial charge is 0.101 e. The van der Waals surface area contributed by atoms with Gasteiger partial charge in [0.05, 0.1) is 11.3 Å². The van der Waals surface area contributed by atoms with Crippen LogP contribution in [0.15, 0.2) is 24.3 Å². The Morgan fingerprint density at radius 3 is 2.64 bits per heavy atom. The normalized spacial score (nSPS) is 15.7. The van der Waals surface area contributed by atoms with Gasteiger partial charge in [-0.05, 0) is 31.4 Å². The predicted molar refractivity (Wildman–Crippen MR) is 57.2 cm³/mol. The zero-order valence-electron chi connectivity index (χ0n) is 8.40. The first-order valence-corrected chi connectivity index (χ1v) is 5.05. The van der Waals surface area contributed by atoms with Crippen molar-refractivity contribution in [1.82, 2.24) is 0 Å². The summed E-state index contributed by atoms with van der Waals surface area (Å²) in [4.78, 5) is 2.24. The van der Waals surface area contributed by atoms with Gasteiger partial charge < -0.3 is 4.90 Å². The Kier molecular flexibility index (Phi) is 2.41. The van der Waals surface area contributed by atoms with Crippen LogP contribution in [-0.2, 0) is 0 Å². The fourth-order valence-electron chi connectivity index (χ4n) is 1.85. The molecule has 0 heterocycles. The summed E-state index contributed by atoms with van der Waals surface area (Å²) in [5, 5.41) is 8.96. The molecule has 72 valence electrons. The molecule has 2 heteroatoms. The van der Waals surface area contributed by atoms with Crippen LogP contribution in [0.1, 0.15) is 24.8 Å². The summed E-state index contributed by atoms with van der Waals surface area (Å²) in [6, 6.07) is 10.7. The standard InChI is InChI=1S/C12H14N2/c1-14(11-6-4-7-11)12-8-3-2-5-10(12)9-13/h2-3,5,8,11H,4,6-7H2,1H3. The highest BCUT2D eigenvalue weighted by atomic mass is 15.1. The van der Waals surface area contributed by atoms with Crippen LogP contribution in [0.25, 0.3) is 0 Å². The Bertz CT molecular complexity index is 361. The second-order valence-electron chi connectivity index (χ2n) is 3.82. The lowest BCUT2D eigenvalue weighted by molar-refractivity contribution is 0.401. The molecule has 1 saturated carbocycles. The van der Waals surface area contributed by atoms with E-state index in [-0.39, 0.29) is 0 Å². The minimum atomic E-state index is 0.643. The Labute approximate surface area is 84.8 Å². The molecule has 0 aliphatic heterocycles. The molecule has 1 aliphatic rings. The number of hydrogen-bond acceptors (Lipinski definition) is 2. The fourth-order valence-corrected chi connectivity index (χ4v) is 1.85. The van der Waals surface area contributed by atoms with Crippen molar-refractivity contribution < 1.29 is 0 Å². The molecular weight excluding hydrogens is 172 g/mol. The van der Waals surface area contributed by atoms with Crippen molar-refractivity contribution in [3.8, 4) is 6.07 Å². The highest BCUT2D eigenvalue weighted by Gasteiger charge is 2.23. The average Bonchev–Trinajstić information content (AvgIpc) is 2.15. The van der Waals surface area contributed by atoms with Crippen LogP contribution in [0.3, 0.4) is 0 Å². The minimum Gasteiger partial charge on any atom is -0.371 e. The van der Waals surface area contributed by atoms with E-state index in [0.29, 0.717) is 6.04 Å². The van der Waals surface area contributed by atoms with Crippen molar-refractivity contribution in [2.24, 2.45) is 0 Å². The third-order valence-corrected chi connectivity index (χ3v) is 3.03. The lowest BCUT2D eigenvalue weighted by Crippen LogP contribution is -2.37. The molecule has 0 unspecified atom stereocenters. The summed E-state index contributed by atoms with van der Waals surface area (Å²) in [6.07, 6.45) is 3.84.